The number of thioether (sulfide) groups is 2. The summed E-state index contributed by atoms with van der Waals surface area (Å²) in [6.45, 7) is 7.37. The molecular formula is C11H18N2O3S3. The quantitative estimate of drug-likeness (QED) is 0.269. The van der Waals surface area contributed by atoms with E-state index in [1.54, 1.807) is 41.8 Å². The zero-order valence-corrected chi connectivity index (χ0v) is 13.5. The van der Waals surface area contributed by atoms with Gasteiger partial charge in [-0.3, -0.25) is 0 Å². The smallest absolute Gasteiger partial charge is 0.188 e. The van der Waals surface area contributed by atoms with Gasteiger partial charge in [0, 0.05) is 5.75 Å². The molecule has 1 heterocycles. The van der Waals surface area contributed by atoms with Crippen LogP contribution < -0.4 is 0 Å². The van der Waals surface area contributed by atoms with Crippen LogP contribution in [0.5, 0.6) is 0 Å². The van der Waals surface area contributed by atoms with E-state index in [0.29, 0.717) is 25.6 Å². The topological polar surface area (TPSA) is 53.5 Å². The number of hydrogen-bond acceptors (Lipinski definition) is 8. The summed E-state index contributed by atoms with van der Waals surface area (Å²) in [5.74, 6) is 1.52. The van der Waals surface area contributed by atoms with Crippen molar-refractivity contribution in [1.29, 1.82) is 0 Å². The average Bonchev–Trinajstić information content (AvgIpc) is 2.84. The number of hydrogen-bond donors (Lipinski definition) is 0. The third kappa shape index (κ3) is 8.48. The first-order valence-electron chi connectivity index (χ1n) is 5.66. The van der Waals surface area contributed by atoms with Crippen molar-refractivity contribution in [2.45, 2.75) is 15.6 Å². The molecule has 0 amide bonds. The Balaban J connectivity index is 1.89. The number of ether oxygens (including phenoxy) is 3. The van der Waals surface area contributed by atoms with Crippen LogP contribution in [0.4, 0.5) is 0 Å². The highest BCUT2D eigenvalue weighted by molar-refractivity contribution is 8.02. The van der Waals surface area contributed by atoms with Crippen molar-refractivity contribution in [2.75, 3.05) is 38.6 Å². The maximum atomic E-state index is 5.42. The van der Waals surface area contributed by atoms with Crippen molar-refractivity contribution in [2.24, 2.45) is 0 Å². The number of nitrogens with zero attached hydrogens (tertiary/aromatic N) is 2. The average molecular weight is 322 g/mol. The van der Waals surface area contributed by atoms with E-state index in [2.05, 4.69) is 16.8 Å². The van der Waals surface area contributed by atoms with Crippen molar-refractivity contribution in [3.8, 4) is 0 Å². The molecule has 0 aromatic carbocycles. The predicted octanol–water partition coefficient (Wildman–Crippen LogP) is 2.89. The molecule has 5 nitrogen and oxygen atoms in total. The van der Waals surface area contributed by atoms with Crippen LogP contribution in [-0.4, -0.2) is 48.8 Å². The van der Waals surface area contributed by atoms with Gasteiger partial charge in [-0.1, -0.05) is 41.4 Å². The van der Waals surface area contributed by atoms with Gasteiger partial charge in [0.1, 0.15) is 0 Å². The zero-order valence-electron chi connectivity index (χ0n) is 11.1. The van der Waals surface area contributed by atoms with Gasteiger partial charge >= 0.3 is 0 Å². The summed E-state index contributed by atoms with van der Waals surface area (Å²) in [6, 6.07) is 0. The van der Waals surface area contributed by atoms with E-state index < -0.39 is 0 Å². The van der Waals surface area contributed by atoms with Gasteiger partial charge in [-0.25, -0.2) is 0 Å². The summed E-state index contributed by atoms with van der Waals surface area (Å²) in [7, 11) is 0. The molecule has 0 unspecified atom stereocenters. The van der Waals surface area contributed by atoms with E-state index in [0.717, 1.165) is 14.4 Å². The van der Waals surface area contributed by atoms with E-state index >= 15 is 0 Å². The highest BCUT2D eigenvalue weighted by Crippen LogP contribution is 2.26. The molecular weight excluding hydrogens is 304 g/mol. The monoisotopic (exact) mass is 322 g/mol. The second-order valence-corrected chi connectivity index (χ2v) is 6.74. The highest BCUT2D eigenvalue weighted by atomic mass is 32.2. The molecule has 1 rings (SSSR count). The third-order valence-corrected chi connectivity index (χ3v) is 4.77. The molecule has 108 valence electrons. The minimum absolute atomic E-state index is 0.232. The molecule has 0 saturated heterocycles. The van der Waals surface area contributed by atoms with Gasteiger partial charge in [0.15, 0.2) is 15.5 Å². The molecule has 0 aliphatic rings. The molecule has 8 heteroatoms. The van der Waals surface area contributed by atoms with Crippen LogP contribution >= 0.6 is 34.9 Å². The summed E-state index contributed by atoms with van der Waals surface area (Å²) >= 11 is 4.88. The zero-order chi connectivity index (χ0) is 13.9. The number of aromatic nitrogens is 2. The molecule has 19 heavy (non-hydrogen) atoms. The van der Waals surface area contributed by atoms with Crippen LogP contribution in [0, 0.1) is 0 Å². The molecule has 1 aromatic rings. The summed E-state index contributed by atoms with van der Waals surface area (Å²) < 4.78 is 17.6. The minimum atomic E-state index is 0.232. The third-order valence-electron chi connectivity index (χ3n) is 1.78. The molecule has 0 spiro atoms. The Kier molecular flexibility index (Phi) is 9.27. The molecule has 0 N–H and O–H groups in total. The van der Waals surface area contributed by atoms with Crippen molar-refractivity contribution >= 4 is 34.9 Å². The Morgan fingerprint density at radius 2 is 1.95 bits per heavy atom. The molecule has 0 fully saturated rings. The van der Waals surface area contributed by atoms with Gasteiger partial charge in [-0.05, 0) is 13.2 Å². The van der Waals surface area contributed by atoms with Gasteiger partial charge in [0.2, 0.25) is 0 Å². The number of allylic oxidation sites excluding steroid dienone is 1. The first-order chi connectivity index (χ1) is 9.22. The largest absolute Gasteiger partial charge is 0.473 e. The Morgan fingerprint density at radius 1 is 1.21 bits per heavy atom. The summed E-state index contributed by atoms with van der Waals surface area (Å²) in [5.41, 5.74) is 0. The van der Waals surface area contributed by atoms with E-state index in [-0.39, 0.29) is 6.79 Å². The van der Waals surface area contributed by atoms with Crippen LogP contribution in [0.1, 0.15) is 6.92 Å². The maximum Gasteiger partial charge on any atom is 0.188 e. The lowest BCUT2D eigenvalue weighted by Gasteiger charge is -2.06. The van der Waals surface area contributed by atoms with E-state index in [9.17, 15) is 0 Å². The summed E-state index contributed by atoms with van der Waals surface area (Å²) in [5, 5.41) is 8.09. The van der Waals surface area contributed by atoms with Gasteiger partial charge < -0.3 is 14.2 Å². The predicted molar refractivity (Wildman–Crippen MR) is 80.0 cm³/mol. The van der Waals surface area contributed by atoms with Crippen molar-refractivity contribution in [3.63, 3.8) is 0 Å². The SMILES string of the molecule is C=C(C)OCOCCOCCSc1nnc(SC)s1. The second-order valence-electron chi connectivity index (χ2n) is 3.37. The van der Waals surface area contributed by atoms with Crippen LogP contribution in [0.15, 0.2) is 21.0 Å². The first kappa shape index (κ1) is 16.8. The fourth-order valence-corrected chi connectivity index (χ4v) is 3.31. The highest BCUT2D eigenvalue weighted by Gasteiger charge is 2.02. The Hall–Kier alpha value is -0.280. The van der Waals surface area contributed by atoms with Crippen LogP contribution in [0.25, 0.3) is 0 Å². The van der Waals surface area contributed by atoms with Crippen molar-refractivity contribution < 1.29 is 14.2 Å². The Morgan fingerprint density at radius 3 is 2.63 bits per heavy atom. The molecule has 0 aliphatic heterocycles. The second kappa shape index (κ2) is 10.5. The summed E-state index contributed by atoms with van der Waals surface area (Å²) in [6.07, 6.45) is 2.00. The van der Waals surface area contributed by atoms with Gasteiger partial charge in [-0.15, -0.1) is 10.2 Å². The summed E-state index contributed by atoms with van der Waals surface area (Å²) in [4.78, 5) is 0. The van der Waals surface area contributed by atoms with Crippen molar-refractivity contribution in [3.05, 3.63) is 12.3 Å². The number of rotatable bonds is 11. The fraction of sp³-hybridized carbons (Fsp3) is 0.636. The molecule has 1 aromatic heterocycles. The Labute approximate surface area is 126 Å². The van der Waals surface area contributed by atoms with Crippen LogP contribution in [0.2, 0.25) is 0 Å². The van der Waals surface area contributed by atoms with E-state index in [1.165, 1.54) is 0 Å². The lowest BCUT2D eigenvalue weighted by molar-refractivity contribution is -0.0427. The van der Waals surface area contributed by atoms with E-state index in [4.69, 9.17) is 14.2 Å². The van der Waals surface area contributed by atoms with Gasteiger partial charge in [-0.2, -0.15) is 0 Å². The van der Waals surface area contributed by atoms with Gasteiger partial charge in [0.25, 0.3) is 0 Å². The molecule has 0 atom stereocenters. The van der Waals surface area contributed by atoms with Crippen LogP contribution in [-0.2, 0) is 14.2 Å². The molecule has 0 aliphatic carbocycles. The molecule has 0 radical (unpaired) electrons. The maximum absolute atomic E-state index is 5.42. The van der Waals surface area contributed by atoms with E-state index in [1.807, 2.05) is 6.26 Å². The first-order valence-corrected chi connectivity index (χ1v) is 8.69. The molecule has 0 saturated carbocycles. The normalized spacial score (nSPS) is 10.6. The molecule has 0 bridgehead atoms. The van der Waals surface area contributed by atoms with Crippen molar-refractivity contribution in [1.82, 2.24) is 10.2 Å². The van der Waals surface area contributed by atoms with Gasteiger partial charge in [0.05, 0.1) is 25.6 Å². The standard InChI is InChI=1S/C11H18N2O3S3/c1-9(2)16-8-15-5-4-14-6-7-18-11-13-12-10(17-3)19-11/h1,4-8H2,2-3H3. The fourth-order valence-electron chi connectivity index (χ4n) is 0.947. The lowest BCUT2D eigenvalue weighted by Crippen LogP contribution is -2.08. The van der Waals surface area contributed by atoms with Crippen LogP contribution in [0.3, 0.4) is 0 Å². The minimum Gasteiger partial charge on any atom is -0.473 e. The lowest BCUT2D eigenvalue weighted by atomic mass is 10.7. The Bertz CT molecular complexity index is 374.